The molecule has 0 spiro atoms. The Hall–Kier alpha value is -0.570. The third-order valence-electron chi connectivity index (χ3n) is 4.51. The van der Waals surface area contributed by atoms with E-state index in [1.807, 2.05) is 11.9 Å². The number of rotatable bonds is 3. The van der Waals surface area contributed by atoms with Crippen LogP contribution in [0.1, 0.15) is 51.9 Å². The normalized spacial score (nSPS) is 35.1. The summed E-state index contributed by atoms with van der Waals surface area (Å²) >= 11 is 0. The van der Waals surface area contributed by atoms with E-state index >= 15 is 0 Å². The number of piperidine rings is 1. The van der Waals surface area contributed by atoms with Gasteiger partial charge >= 0.3 is 0 Å². The summed E-state index contributed by atoms with van der Waals surface area (Å²) < 4.78 is 0. The molecule has 1 amide bonds. The Balaban J connectivity index is 1.85. The summed E-state index contributed by atoms with van der Waals surface area (Å²) in [7, 11) is 1.92. The van der Waals surface area contributed by atoms with Crippen LogP contribution in [-0.4, -0.2) is 36.5 Å². The number of carbonyl (C=O) groups is 1. The second-order valence-electron chi connectivity index (χ2n) is 5.74. The molecule has 3 atom stereocenters. The third kappa shape index (κ3) is 3.21. The van der Waals surface area contributed by atoms with Crippen LogP contribution in [0.25, 0.3) is 0 Å². The highest BCUT2D eigenvalue weighted by molar-refractivity contribution is 5.76. The Morgan fingerprint density at radius 3 is 2.76 bits per heavy atom. The fourth-order valence-corrected chi connectivity index (χ4v) is 3.37. The zero-order valence-electron chi connectivity index (χ0n) is 11.2. The molecule has 1 aliphatic heterocycles. The van der Waals surface area contributed by atoms with Crippen molar-refractivity contribution in [1.82, 2.24) is 10.2 Å². The van der Waals surface area contributed by atoms with Gasteiger partial charge in [-0.05, 0) is 25.2 Å². The van der Waals surface area contributed by atoms with E-state index in [1.165, 1.54) is 32.1 Å². The summed E-state index contributed by atoms with van der Waals surface area (Å²) in [5, 5.41) is 3.82. The van der Waals surface area contributed by atoms with Gasteiger partial charge in [-0.1, -0.05) is 26.2 Å². The van der Waals surface area contributed by atoms with Gasteiger partial charge in [-0.25, -0.2) is 0 Å². The van der Waals surface area contributed by atoms with Crippen molar-refractivity contribution in [3.05, 3.63) is 0 Å². The van der Waals surface area contributed by atoms with Gasteiger partial charge in [-0.2, -0.15) is 0 Å². The maximum Gasteiger partial charge on any atom is 0.222 e. The topological polar surface area (TPSA) is 32.3 Å². The first kappa shape index (κ1) is 12.9. The van der Waals surface area contributed by atoms with Gasteiger partial charge < -0.3 is 10.2 Å². The molecule has 1 aliphatic carbocycles. The van der Waals surface area contributed by atoms with E-state index in [4.69, 9.17) is 0 Å². The van der Waals surface area contributed by atoms with Gasteiger partial charge in [-0.15, -0.1) is 0 Å². The molecule has 1 saturated heterocycles. The lowest BCUT2D eigenvalue weighted by molar-refractivity contribution is -0.132. The first-order valence-corrected chi connectivity index (χ1v) is 7.20. The molecule has 98 valence electrons. The summed E-state index contributed by atoms with van der Waals surface area (Å²) in [6, 6.07) is 1.22. The maximum absolute atomic E-state index is 11.5. The van der Waals surface area contributed by atoms with Crippen LogP contribution in [0.4, 0.5) is 0 Å². The summed E-state index contributed by atoms with van der Waals surface area (Å²) in [6.45, 7) is 3.20. The van der Waals surface area contributed by atoms with Crippen molar-refractivity contribution < 1.29 is 4.79 Å². The van der Waals surface area contributed by atoms with Crippen molar-refractivity contribution in [1.29, 1.82) is 0 Å². The average Bonchev–Trinajstić information content (AvgIpc) is 2.34. The highest BCUT2D eigenvalue weighted by Crippen LogP contribution is 2.27. The van der Waals surface area contributed by atoms with Crippen molar-refractivity contribution in [2.24, 2.45) is 5.92 Å². The minimum absolute atomic E-state index is 0.304. The molecule has 3 heteroatoms. The second kappa shape index (κ2) is 5.85. The van der Waals surface area contributed by atoms with Crippen LogP contribution in [0.5, 0.6) is 0 Å². The largest absolute Gasteiger partial charge is 0.344 e. The lowest BCUT2D eigenvalue weighted by atomic mass is 9.82. The van der Waals surface area contributed by atoms with Gasteiger partial charge in [0.05, 0.1) is 0 Å². The van der Waals surface area contributed by atoms with Crippen molar-refractivity contribution in [3.8, 4) is 0 Å². The number of hydrogen-bond acceptors (Lipinski definition) is 2. The van der Waals surface area contributed by atoms with Gasteiger partial charge in [0.1, 0.15) is 0 Å². The van der Waals surface area contributed by atoms with E-state index in [0.29, 0.717) is 18.0 Å². The smallest absolute Gasteiger partial charge is 0.222 e. The highest BCUT2D eigenvalue weighted by atomic mass is 16.2. The van der Waals surface area contributed by atoms with Gasteiger partial charge in [0.2, 0.25) is 5.91 Å². The van der Waals surface area contributed by atoms with E-state index in [9.17, 15) is 4.79 Å². The summed E-state index contributed by atoms with van der Waals surface area (Å²) in [5.41, 5.74) is 0. The van der Waals surface area contributed by atoms with E-state index in [2.05, 4.69) is 12.2 Å². The van der Waals surface area contributed by atoms with E-state index < -0.39 is 0 Å². The lowest BCUT2D eigenvalue weighted by Gasteiger charge is -2.38. The summed E-state index contributed by atoms with van der Waals surface area (Å²) in [6.07, 6.45) is 8.52. The van der Waals surface area contributed by atoms with Crippen LogP contribution >= 0.6 is 0 Å². The molecule has 3 nitrogen and oxygen atoms in total. The molecule has 1 heterocycles. The molecule has 3 unspecified atom stereocenters. The molecule has 2 aliphatic rings. The number of carbonyl (C=O) groups excluding carboxylic acids is 1. The number of likely N-dealkylation sites (tertiary alicyclic amines) is 1. The van der Waals surface area contributed by atoms with Crippen molar-refractivity contribution in [3.63, 3.8) is 0 Å². The number of amides is 1. The molecule has 1 N–H and O–H groups in total. The zero-order chi connectivity index (χ0) is 12.3. The highest BCUT2D eigenvalue weighted by Gasteiger charge is 2.29. The monoisotopic (exact) mass is 238 g/mol. The van der Waals surface area contributed by atoms with Gasteiger partial charge in [0, 0.05) is 32.1 Å². The molecular formula is C14H26N2O. The molecule has 2 fully saturated rings. The molecule has 0 aromatic rings. The van der Waals surface area contributed by atoms with Crippen LogP contribution in [0, 0.1) is 5.92 Å². The SMILES string of the molecule is CCC1CCCCC1NC1CCC(=O)N(C)C1. The maximum atomic E-state index is 11.5. The minimum Gasteiger partial charge on any atom is -0.344 e. The first-order chi connectivity index (χ1) is 8.20. The molecule has 1 saturated carbocycles. The quantitative estimate of drug-likeness (QED) is 0.817. The molecule has 2 rings (SSSR count). The molecule has 17 heavy (non-hydrogen) atoms. The standard InChI is InChI=1S/C14H26N2O/c1-3-11-6-4-5-7-13(11)15-12-8-9-14(17)16(2)10-12/h11-13,15H,3-10H2,1-2H3. The molecule has 0 radical (unpaired) electrons. The molecular weight excluding hydrogens is 212 g/mol. The Kier molecular flexibility index (Phi) is 4.43. The predicted molar refractivity (Wildman–Crippen MR) is 69.8 cm³/mol. The molecule has 0 aromatic carbocycles. The first-order valence-electron chi connectivity index (χ1n) is 7.20. The van der Waals surface area contributed by atoms with Crippen molar-refractivity contribution in [2.75, 3.05) is 13.6 Å². The Bertz CT molecular complexity index is 267. The Morgan fingerprint density at radius 2 is 2.06 bits per heavy atom. The molecule has 0 aromatic heterocycles. The fourth-order valence-electron chi connectivity index (χ4n) is 3.37. The van der Waals surface area contributed by atoms with Crippen molar-refractivity contribution >= 4 is 5.91 Å². The minimum atomic E-state index is 0.304. The van der Waals surface area contributed by atoms with Crippen LogP contribution in [0.3, 0.4) is 0 Å². The van der Waals surface area contributed by atoms with Gasteiger partial charge in [-0.3, -0.25) is 4.79 Å². The lowest BCUT2D eigenvalue weighted by Crippen LogP contribution is -2.52. The van der Waals surface area contributed by atoms with Crippen LogP contribution < -0.4 is 5.32 Å². The van der Waals surface area contributed by atoms with Gasteiger partial charge in [0.15, 0.2) is 0 Å². The number of hydrogen-bond donors (Lipinski definition) is 1. The van der Waals surface area contributed by atoms with E-state index in [1.54, 1.807) is 0 Å². The third-order valence-corrected chi connectivity index (χ3v) is 4.51. The van der Waals surface area contributed by atoms with Crippen LogP contribution in [0.15, 0.2) is 0 Å². The Labute approximate surface area is 105 Å². The summed E-state index contributed by atoms with van der Waals surface area (Å²) in [5.74, 6) is 1.16. The van der Waals surface area contributed by atoms with Crippen LogP contribution in [-0.2, 0) is 4.79 Å². The summed E-state index contributed by atoms with van der Waals surface area (Å²) in [4.78, 5) is 13.3. The molecule has 0 bridgehead atoms. The fraction of sp³-hybridized carbons (Fsp3) is 0.929. The van der Waals surface area contributed by atoms with E-state index in [-0.39, 0.29) is 0 Å². The number of nitrogens with zero attached hydrogens (tertiary/aromatic N) is 1. The zero-order valence-corrected chi connectivity index (χ0v) is 11.2. The Morgan fingerprint density at radius 1 is 1.29 bits per heavy atom. The average molecular weight is 238 g/mol. The van der Waals surface area contributed by atoms with Crippen LogP contribution in [0.2, 0.25) is 0 Å². The number of nitrogens with one attached hydrogen (secondary N) is 1. The van der Waals surface area contributed by atoms with Gasteiger partial charge in [0.25, 0.3) is 0 Å². The predicted octanol–water partition coefficient (Wildman–Crippen LogP) is 2.17. The second-order valence-corrected chi connectivity index (χ2v) is 5.74. The van der Waals surface area contributed by atoms with E-state index in [0.717, 1.165) is 25.3 Å². The number of likely N-dealkylation sites (N-methyl/N-ethyl adjacent to an activating group) is 1. The van der Waals surface area contributed by atoms with Crippen molar-refractivity contribution in [2.45, 2.75) is 64.0 Å².